The van der Waals surface area contributed by atoms with Crippen molar-refractivity contribution in [2.45, 2.75) is 77.4 Å². The Morgan fingerprint density at radius 1 is 1.03 bits per heavy atom. The molecule has 4 atom stereocenters. The Morgan fingerprint density at radius 3 is 2.19 bits per heavy atom. The highest BCUT2D eigenvalue weighted by molar-refractivity contribution is 5.94. The number of rotatable bonds is 11. The molecule has 3 amide bonds. The first-order valence-electron chi connectivity index (χ1n) is 10.0. The van der Waals surface area contributed by atoms with Crippen LogP contribution in [0, 0.1) is 0 Å². The largest absolute Gasteiger partial charge is 0.480 e. The fraction of sp³-hybridized carbons (Fsp3) is 0.737. The molecule has 12 nitrogen and oxygen atoms in total. The molecular weight excluding hydrogens is 414 g/mol. The summed E-state index contributed by atoms with van der Waals surface area (Å²) in [6.07, 6.45) is -2.31. The fourth-order valence-corrected chi connectivity index (χ4v) is 2.50. The number of hydrogen-bond donors (Lipinski definition) is 4. The minimum atomic E-state index is -1.32. The van der Waals surface area contributed by atoms with E-state index >= 15 is 0 Å². The molecule has 1 rings (SSSR count). The van der Waals surface area contributed by atoms with E-state index in [1.165, 1.54) is 0 Å². The van der Waals surface area contributed by atoms with E-state index in [1.807, 2.05) is 0 Å². The lowest BCUT2D eigenvalue weighted by atomic mass is 10.1. The van der Waals surface area contributed by atoms with Crippen molar-refractivity contribution in [3.63, 3.8) is 0 Å². The summed E-state index contributed by atoms with van der Waals surface area (Å²) in [5.74, 6) is -3.39. The minimum absolute atomic E-state index is 0.136. The zero-order valence-corrected chi connectivity index (χ0v) is 18.4. The van der Waals surface area contributed by atoms with Gasteiger partial charge in [-0.05, 0) is 34.1 Å². The van der Waals surface area contributed by atoms with Crippen LogP contribution in [0.5, 0.6) is 0 Å². The Bertz CT molecular complexity index is 690. The predicted octanol–water partition coefficient (Wildman–Crippen LogP) is -0.304. The Labute approximate surface area is 180 Å². The van der Waals surface area contributed by atoms with Crippen LogP contribution in [-0.4, -0.2) is 78.0 Å². The maximum absolute atomic E-state index is 12.6. The summed E-state index contributed by atoms with van der Waals surface area (Å²) in [6.45, 7) is 8.02. The van der Waals surface area contributed by atoms with Crippen molar-refractivity contribution in [2.75, 3.05) is 13.2 Å². The predicted molar refractivity (Wildman–Crippen MR) is 106 cm³/mol. The SMILES string of the molecule is CCC[C@H](NC(=O)[C@H](CNC(=O)C1OC1C(=O)OCC)NC(=O)OC(C)(C)C)C(=O)O. The summed E-state index contributed by atoms with van der Waals surface area (Å²) in [4.78, 5) is 59.8. The second kappa shape index (κ2) is 11.5. The lowest BCUT2D eigenvalue weighted by molar-refractivity contribution is -0.144. The average molecular weight is 445 g/mol. The molecule has 0 aromatic carbocycles. The van der Waals surface area contributed by atoms with Crippen LogP contribution >= 0.6 is 0 Å². The van der Waals surface area contributed by atoms with E-state index in [1.54, 1.807) is 34.6 Å². The van der Waals surface area contributed by atoms with E-state index in [-0.39, 0.29) is 19.6 Å². The molecule has 0 aromatic rings. The van der Waals surface area contributed by atoms with Gasteiger partial charge in [0.05, 0.1) is 6.61 Å². The number of ether oxygens (including phenoxy) is 3. The Hall–Kier alpha value is -2.89. The van der Waals surface area contributed by atoms with Crippen LogP contribution < -0.4 is 16.0 Å². The smallest absolute Gasteiger partial charge is 0.408 e. The molecular formula is C19H31N3O9. The molecule has 12 heteroatoms. The molecule has 1 aliphatic rings. The Balaban J connectivity index is 2.77. The molecule has 2 unspecified atom stereocenters. The van der Waals surface area contributed by atoms with E-state index < -0.39 is 59.7 Å². The molecule has 1 fully saturated rings. The number of alkyl carbamates (subject to hydrolysis) is 1. The van der Waals surface area contributed by atoms with Crippen molar-refractivity contribution in [1.29, 1.82) is 0 Å². The zero-order chi connectivity index (χ0) is 23.8. The molecule has 31 heavy (non-hydrogen) atoms. The molecule has 0 aromatic heterocycles. The third kappa shape index (κ3) is 9.20. The van der Waals surface area contributed by atoms with Gasteiger partial charge in [0.25, 0.3) is 5.91 Å². The van der Waals surface area contributed by atoms with E-state index in [4.69, 9.17) is 14.2 Å². The number of amides is 3. The number of aliphatic carboxylic acids is 1. The second-order valence-corrected chi connectivity index (χ2v) is 7.86. The maximum Gasteiger partial charge on any atom is 0.408 e. The van der Waals surface area contributed by atoms with Gasteiger partial charge in [0.2, 0.25) is 5.91 Å². The summed E-state index contributed by atoms with van der Waals surface area (Å²) in [6, 6.07) is -2.48. The van der Waals surface area contributed by atoms with Crippen LogP contribution in [0.25, 0.3) is 0 Å². The standard InChI is InChI=1S/C19H31N3O9/c1-6-8-10(16(25)26)21-14(23)11(22-18(28)31-19(3,4)5)9-20-15(24)12-13(30-12)17(27)29-7-2/h10-13H,6-9H2,1-5H3,(H,20,24)(H,21,23)(H,22,28)(H,25,26)/t10-,11-,12?,13?/m0/s1. The van der Waals surface area contributed by atoms with Crippen molar-refractivity contribution in [3.8, 4) is 0 Å². The van der Waals surface area contributed by atoms with Crippen molar-refractivity contribution in [3.05, 3.63) is 0 Å². The number of esters is 1. The third-order valence-electron chi connectivity index (χ3n) is 3.95. The first kappa shape index (κ1) is 26.1. The molecule has 0 radical (unpaired) electrons. The normalized spacial score (nSPS) is 19.4. The number of carbonyl (C=O) groups excluding carboxylic acids is 4. The summed E-state index contributed by atoms with van der Waals surface area (Å²) < 4.78 is 14.9. The summed E-state index contributed by atoms with van der Waals surface area (Å²) in [5, 5.41) is 16.3. The number of epoxide rings is 1. The third-order valence-corrected chi connectivity index (χ3v) is 3.95. The molecule has 1 aliphatic heterocycles. The highest BCUT2D eigenvalue weighted by atomic mass is 16.6. The first-order chi connectivity index (χ1) is 14.4. The topological polar surface area (TPSA) is 173 Å². The quantitative estimate of drug-likeness (QED) is 0.246. The highest BCUT2D eigenvalue weighted by Gasteiger charge is 2.51. The van der Waals surface area contributed by atoms with Gasteiger partial charge in [0, 0.05) is 6.54 Å². The van der Waals surface area contributed by atoms with Gasteiger partial charge >= 0.3 is 18.0 Å². The number of carbonyl (C=O) groups is 5. The van der Waals surface area contributed by atoms with Gasteiger partial charge in [-0.15, -0.1) is 0 Å². The first-order valence-corrected chi connectivity index (χ1v) is 10.0. The molecule has 4 N–H and O–H groups in total. The van der Waals surface area contributed by atoms with Gasteiger partial charge in [-0.25, -0.2) is 14.4 Å². The summed E-state index contributed by atoms with van der Waals surface area (Å²) in [7, 11) is 0. The van der Waals surface area contributed by atoms with Crippen LogP contribution in [0.4, 0.5) is 4.79 Å². The lowest BCUT2D eigenvalue weighted by Gasteiger charge is -2.24. The number of carboxylic acid groups (broad SMARTS) is 1. The second-order valence-electron chi connectivity index (χ2n) is 7.86. The molecule has 0 saturated carbocycles. The molecule has 1 saturated heterocycles. The monoisotopic (exact) mass is 445 g/mol. The van der Waals surface area contributed by atoms with Crippen LogP contribution in [-0.2, 0) is 33.4 Å². The number of nitrogens with one attached hydrogen (secondary N) is 3. The van der Waals surface area contributed by atoms with E-state index in [2.05, 4.69) is 16.0 Å². The van der Waals surface area contributed by atoms with Crippen molar-refractivity contribution < 1.29 is 43.3 Å². The van der Waals surface area contributed by atoms with Crippen LogP contribution in [0.2, 0.25) is 0 Å². The minimum Gasteiger partial charge on any atom is -0.480 e. The van der Waals surface area contributed by atoms with Crippen LogP contribution in [0.1, 0.15) is 47.5 Å². The van der Waals surface area contributed by atoms with Gasteiger partial charge in [-0.3, -0.25) is 9.59 Å². The van der Waals surface area contributed by atoms with Gasteiger partial charge in [0.1, 0.15) is 17.7 Å². The molecule has 0 bridgehead atoms. The molecule has 0 spiro atoms. The van der Waals surface area contributed by atoms with Gasteiger partial charge < -0.3 is 35.3 Å². The van der Waals surface area contributed by atoms with Crippen LogP contribution in [0.15, 0.2) is 0 Å². The molecule has 0 aliphatic carbocycles. The maximum atomic E-state index is 12.6. The molecule has 176 valence electrons. The lowest BCUT2D eigenvalue weighted by Crippen LogP contribution is -2.56. The van der Waals surface area contributed by atoms with Crippen molar-refractivity contribution >= 4 is 29.8 Å². The van der Waals surface area contributed by atoms with Crippen LogP contribution in [0.3, 0.4) is 0 Å². The van der Waals surface area contributed by atoms with Gasteiger partial charge in [-0.2, -0.15) is 0 Å². The highest BCUT2D eigenvalue weighted by Crippen LogP contribution is 2.23. The zero-order valence-electron chi connectivity index (χ0n) is 18.4. The average Bonchev–Trinajstić information content (AvgIpc) is 3.44. The summed E-state index contributed by atoms with van der Waals surface area (Å²) in [5.41, 5.74) is -0.838. The van der Waals surface area contributed by atoms with E-state index in [0.29, 0.717) is 6.42 Å². The Morgan fingerprint density at radius 2 is 1.68 bits per heavy atom. The Kier molecular flexibility index (Phi) is 9.69. The van der Waals surface area contributed by atoms with E-state index in [0.717, 1.165) is 0 Å². The van der Waals surface area contributed by atoms with E-state index in [9.17, 15) is 29.1 Å². The number of hydrogen-bond acceptors (Lipinski definition) is 8. The summed E-state index contributed by atoms with van der Waals surface area (Å²) >= 11 is 0. The van der Waals surface area contributed by atoms with Gasteiger partial charge in [-0.1, -0.05) is 13.3 Å². The van der Waals surface area contributed by atoms with Crippen molar-refractivity contribution in [1.82, 2.24) is 16.0 Å². The molecule has 1 heterocycles. The number of carboxylic acids is 1. The van der Waals surface area contributed by atoms with Gasteiger partial charge in [0.15, 0.2) is 12.2 Å². The van der Waals surface area contributed by atoms with Crippen molar-refractivity contribution in [2.24, 2.45) is 0 Å². The fourth-order valence-electron chi connectivity index (χ4n) is 2.50.